The summed E-state index contributed by atoms with van der Waals surface area (Å²) < 4.78 is 0. The lowest BCUT2D eigenvalue weighted by Crippen LogP contribution is -2.52. The number of carbonyl (C=O) groups is 1. The van der Waals surface area contributed by atoms with Crippen LogP contribution in [0, 0.1) is 16.7 Å². The number of pyridine rings is 1. The fraction of sp³-hybridized carbons (Fsp3) is 0.667. The maximum Gasteiger partial charge on any atom is 0.222 e. The molecule has 1 spiro atoms. The largest absolute Gasteiger partial charge is 0.396 e. The molecule has 146 valence electrons. The normalized spacial score (nSPS) is 19.6. The number of amides is 1. The van der Waals surface area contributed by atoms with Crippen LogP contribution >= 0.6 is 0 Å². The Kier molecular flexibility index (Phi) is 6.01. The number of hydrogen-bond donors (Lipinski definition) is 1. The fourth-order valence-corrected chi connectivity index (χ4v) is 4.28. The van der Waals surface area contributed by atoms with E-state index in [1.165, 1.54) is 0 Å². The summed E-state index contributed by atoms with van der Waals surface area (Å²) in [4.78, 5) is 21.1. The predicted octanol–water partition coefficient (Wildman–Crippen LogP) is 2.67. The van der Waals surface area contributed by atoms with E-state index >= 15 is 0 Å². The number of aliphatic hydroxyl groups is 1. The topological polar surface area (TPSA) is 80.5 Å². The highest BCUT2D eigenvalue weighted by Gasteiger charge is 2.41. The first-order valence-electron chi connectivity index (χ1n) is 10.0. The van der Waals surface area contributed by atoms with Crippen LogP contribution < -0.4 is 4.90 Å². The van der Waals surface area contributed by atoms with E-state index in [1.807, 2.05) is 17.0 Å². The zero-order valence-electron chi connectivity index (χ0n) is 16.4. The minimum absolute atomic E-state index is 0.124. The Morgan fingerprint density at radius 2 is 2.04 bits per heavy atom. The van der Waals surface area contributed by atoms with E-state index < -0.39 is 0 Å². The highest BCUT2D eigenvalue weighted by molar-refractivity contribution is 5.77. The third kappa shape index (κ3) is 4.24. The molecule has 1 aromatic rings. The molecular formula is C21H30N4O2. The molecule has 2 aliphatic rings. The first-order valence-corrected chi connectivity index (χ1v) is 10.0. The molecule has 2 saturated heterocycles. The van der Waals surface area contributed by atoms with Gasteiger partial charge in [-0.3, -0.25) is 4.79 Å². The van der Waals surface area contributed by atoms with Crippen LogP contribution in [0.4, 0.5) is 5.82 Å². The number of piperidine rings is 2. The van der Waals surface area contributed by atoms with Gasteiger partial charge in [0.15, 0.2) is 0 Å². The number of aliphatic hydroxyl groups excluding tert-OH is 1. The average Bonchev–Trinajstić information content (AvgIpc) is 2.69. The molecule has 0 unspecified atom stereocenters. The van der Waals surface area contributed by atoms with Crippen LogP contribution in [0.15, 0.2) is 12.1 Å². The highest BCUT2D eigenvalue weighted by Crippen LogP contribution is 2.41. The summed E-state index contributed by atoms with van der Waals surface area (Å²) in [7, 11) is 0. The molecule has 0 bridgehead atoms. The molecule has 6 heteroatoms. The van der Waals surface area contributed by atoms with E-state index in [9.17, 15) is 10.1 Å². The van der Waals surface area contributed by atoms with Crippen molar-refractivity contribution in [3.05, 3.63) is 23.4 Å². The molecule has 6 nitrogen and oxygen atoms in total. The van der Waals surface area contributed by atoms with Gasteiger partial charge in [-0.25, -0.2) is 4.98 Å². The van der Waals surface area contributed by atoms with Crippen LogP contribution in [0.25, 0.3) is 0 Å². The number of anilines is 1. The van der Waals surface area contributed by atoms with Crippen LogP contribution in [0.5, 0.6) is 0 Å². The van der Waals surface area contributed by atoms with Crippen molar-refractivity contribution in [2.24, 2.45) is 5.41 Å². The first-order chi connectivity index (χ1) is 13.0. The molecule has 3 rings (SSSR count). The Morgan fingerprint density at radius 3 is 2.67 bits per heavy atom. The molecule has 3 heterocycles. The van der Waals surface area contributed by atoms with Gasteiger partial charge in [0, 0.05) is 44.9 Å². The van der Waals surface area contributed by atoms with Crippen molar-refractivity contribution in [2.45, 2.75) is 51.9 Å². The van der Waals surface area contributed by atoms with Gasteiger partial charge in [0.1, 0.15) is 11.9 Å². The van der Waals surface area contributed by atoms with Crippen LogP contribution in [-0.2, 0) is 4.79 Å². The summed E-state index contributed by atoms with van der Waals surface area (Å²) in [5, 5.41) is 18.6. The van der Waals surface area contributed by atoms with Crippen molar-refractivity contribution < 1.29 is 9.90 Å². The highest BCUT2D eigenvalue weighted by atomic mass is 16.3. The summed E-state index contributed by atoms with van der Waals surface area (Å²) in [6.07, 6.45) is 4.21. The van der Waals surface area contributed by atoms with Gasteiger partial charge in [0.2, 0.25) is 5.91 Å². The lowest BCUT2D eigenvalue weighted by atomic mass is 9.72. The molecule has 2 aliphatic heterocycles. The zero-order valence-corrected chi connectivity index (χ0v) is 16.4. The summed E-state index contributed by atoms with van der Waals surface area (Å²) in [5.41, 5.74) is 1.82. The van der Waals surface area contributed by atoms with E-state index in [1.54, 1.807) is 0 Å². The van der Waals surface area contributed by atoms with Crippen molar-refractivity contribution in [1.29, 1.82) is 5.26 Å². The molecular weight excluding hydrogens is 340 g/mol. The van der Waals surface area contributed by atoms with Gasteiger partial charge in [-0.05, 0) is 49.1 Å². The van der Waals surface area contributed by atoms with Gasteiger partial charge < -0.3 is 14.9 Å². The van der Waals surface area contributed by atoms with Crippen LogP contribution in [0.1, 0.15) is 63.1 Å². The van der Waals surface area contributed by atoms with Gasteiger partial charge in [0.05, 0.1) is 5.56 Å². The third-order valence-electron chi connectivity index (χ3n) is 6.07. The Labute approximate surface area is 161 Å². The molecule has 1 aromatic heterocycles. The van der Waals surface area contributed by atoms with Gasteiger partial charge in [-0.1, -0.05) is 13.8 Å². The Hall–Kier alpha value is -2.13. The molecule has 0 aliphatic carbocycles. The van der Waals surface area contributed by atoms with Crippen molar-refractivity contribution >= 4 is 11.7 Å². The summed E-state index contributed by atoms with van der Waals surface area (Å²) in [5.74, 6) is 1.36. The van der Waals surface area contributed by atoms with Crippen molar-refractivity contribution in [3.63, 3.8) is 0 Å². The molecule has 0 aromatic carbocycles. The number of nitriles is 1. The number of carbonyl (C=O) groups excluding carboxylic acids is 1. The maximum atomic E-state index is 12.2. The molecule has 0 radical (unpaired) electrons. The molecule has 27 heavy (non-hydrogen) atoms. The number of nitrogens with zero attached hydrogens (tertiary/aromatic N) is 4. The van der Waals surface area contributed by atoms with E-state index in [0.717, 1.165) is 50.4 Å². The monoisotopic (exact) mass is 370 g/mol. The lowest BCUT2D eigenvalue weighted by molar-refractivity contribution is -0.138. The average molecular weight is 370 g/mol. The van der Waals surface area contributed by atoms with E-state index in [0.29, 0.717) is 30.9 Å². The Morgan fingerprint density at radius 1 is 1.30 bits per heavy atom. The lowest BCUT2D eigenvalue weighted by Gasteiger charge is -2.47. The third-order valence-corrected chi connectivity index (χ3v) is 6.07. The second-order valence-electron chi connectivity index (χ2n) is 8.25. The van der Waals surface area contributed by atoms with E-state index in [4.69, 9.17) is 10.1 Å². The predicted molar refractivity (Wildman–Crippen MR) is 104 cm³/mol. The Bertz CT molecular complexity index is 717. The van der Waals surface area contributed by atoms with Crippen LogP contribution in [0.2, 0.25) is 0 Å². The summed E-state index contributed by atoms with van der Waals surface area (Å²) >= 11 is 0. The number of hydrogen-bond acceptors (Lipinski definition) is 5. The minimum atomic E-state index is 0.124. The van der Waals surface area contributed by atoms with Gasteiger partial charge in [-0.2, -0.15) is 5.26 Å². The molecule has 2 fully saturated rings. The smallest absolute Gasteiger partial charge is 0.222 e. The SMILES string of the molecule is CC(C)c1ccc(C#N)c(N2CCC3(CCC(=O)N(CCCO)C3)CC2)n1. The van der Waals surface area contributed by atoms with Crippen LogP contribution in [0.3, 0.4) is 0 Å². The second kappa shape index (κ2) is 8.26. The summed E-state index contributed by atoms with van der Waals surface area (Å²) in [6, 6.07) is 6.12. The van der Waals surface area contributed by atoms with Gasteiger partial charge >= 0.3 is 0 Å². The molecule has 0 atom stereocenters. The van der Waals surface area contributed by atoms with Crippen molar-refractivity contribution in [2.75, 3.05) is 37.7 Å². The minimum Gasteiger partial charge on any atom is -0.396 e. The zero-order chi connectivity index (χ0) is 19.4. The first kappa shape index (κ1) is 19.6. The maximum absolute atomic E-state index is 12.2. The molecule has 1 N–H and O–H groups in total. The number of likely N-dealkylation sites (tertiary alicyclic amines) is 1. The number of aromatic nitrogens is 1. The number of rotatable bonds is 5. The second-order valence-corrected chi connectivity index (χ2v) is 8.25. The molecule has 1 amide bonds. The standard InChI is InChI=1S/C21H30N4O2/c1-16(2)18-5-4-17(14-22)20(23-18)24-11-8-21(9-12-24)7-6-19(27)25(15-21)10-3-13-26/h4-5,16,26H,3,6-13,15H2,1-2H3. The molecule has 0 saturated carbocycles. The van der Waals surface area contributed by atoms with Crippen LogP contribution in [-0.4, -0.2) is 53.7 Å². The van der Waals surface area contributed by atoms with Gasteiger partial charge in [0.25, 0.3) is 0 Å². The quantitative estimate of drug-likeness (QED) is 0.862. The van der Waals surface area contributed by atoms with E-state index in [2.05, 4.69) is 24.8 Å². The van der Waals surface area contributed by atoms with Gasteiger partial charge in [-0.15, -0.1) is 0 Å². The van der Waals surface area contributed by atoms with Crippen molar-refractivity contribution in [3.8, 4) is 6.07 Å². The fourth-order valence-electron chi connectivity index (χ4n) is 4.28. The summed E-state index contributed by atoms with van der Waals surface area (Å²) in [6.45, 7) is 7.53. The van der Waals surface area contributed by atoms with E-state index in [-0.39, 0.29) is 17.9 Å². The Balaban J connectivity index is 1.71. The van der Waals surface area contributed by atoms with Crippen molar-refractivity contribution in [1.82, 2.24) is 9.88 Å².